The van der Waals surface area contributed by atoms with Crippen molar-refractivity contribution in [3.8, 4) is 5.75 Å². The molecule has 0 saturated heterocycles. The first-order valence-corrected chi connectivity index (χ1v) is 6.60. The normalized spacial score (nSPS) is 10.2. The highest BCUT2D eigenvalue weighted by Gasteiger charge is 2.08. The van der Waals surface area contributed by atoms with Crippen molar-refractivity contribution in [2.24, 2.45) is 0 Å². The highest BCUT2D eigenvalue weighted by molar-refractivity contribution is 5.91. The topological polar surface area (TPSA) is 50.4 Å². The van der Waals surface area contributed by atoms with E-state index in [1.807, 2.05) is 18.2 Å². The third-order valence-electron chi connectivity index (χ3n) is 2.81. The van der Waals surface area contributed by atoms with Crippen molar-refractivity contribution in [2.75, 3.05) is 19.0 Å². The van der Waals surface area contributed by atoms with Crippen LogP contribution in [0.15, 0.2) is 48.5 Å². The zero-order chi connectivity index (χ0) is 15.1. The first-order valence-electron chi connectivity index (χ1n) is 6.60. The number of nitrogens with one attached hydrogen (secondary N) is 2. The maximum atomic E-state index is 13.2. The minimum atomic E-state index is -0.332. The maximum Gasteiger partial charge on any atom is 0.262 e. The van der Waals surface area contributed by atoms with Gasteiger partial charge >= 0.3 is 0 Å². The van der Waals surface area contributed by atoms with Gasteiger partial charge in [-0.2, -0.15) is 0 Å². The molecule has 0 heterocycles. The largest absolute Gasteiger partial charge is 0.483 e. The maximum absolute atomic E-state index is 13.2. The van der Waals surface area contributed by atoms with Crippen LogP contribution in [0.5, 0.6) is 5.75 Å². The summed E-state index contributed by atoms with van der Waals surface area (Å²) in [5.41, 5.74) is 1.38. The molecule has 0 aliphatic carbocycles. The Balaban J connectivity index is 1.95. The number of para-hydroxylation sites is 1. The summed E-state index contributed by atoms with van der Waals surface area (Å²) in [4.78, 5) is 11.8. The molecule has 1 amide bonds. The standard InChI is InChI=1S/C16H17FN2O2/c1-18-10-12-9-13(17)7-8-15(12)21-11-16(20)19-14-5-3-2-4-6-14/h2-9,18H,10-11H2,1H3,(H,19,20). The molecule has 0 saturated carbocycles. The molecule has 0 unspecified atom stereocenters. The Morgan fingerprint density at radius 3 is 2.67 bits per heavy atom. The van der Waals surface area contributed by atoms with E-state index in [1.165, 1.54) is 18.2 Å². The van der Waals surface area contributed by atoms with Gasteiger partial charge in [-0.25, -0.2) is 4.39 Å². The third kappa shape index (κ3) is 4.57. The number of benzene rings is 2. The van der Waals surface area contributed by atoms with E-state index in [9.17, 15) is 9.18 Å². The minimum absolute atomic E-state index is 0.128. The summed E-state index contributed by atoms with van der Waals surface area (Å²) >= 11 is 0. The molecule has 0 fully saturated rings. The Bertz CT molecular complexity index is 602. The summed E-state index contributed by atoms with van der Waals surface area (Å²) in [5, 5.41) is 5.65. The molecule has 0 aliphatic rings. The summed E-state index contributed by atoms with van der Waals surface area (Å²) in [6, 6.07) is 13.4. The zero-order valence-electron chi connectivity index (χ0n) is 11.7. The van der Waals surface area contributed by atoms with E-state index in [0.717, 1.165) is 0 Å². The molecule has 0 radical (unpaired) electrons. The molecule has 2 rings (SSSR count). The molecule has 2 aromatic carbocycles. The molecule has 21 heavy (non-hydrogen) atoms. The Labute approximate surface area is 122 Å². The van der Waals surface area contributed by atoms with Gasteiger partial charge in [0.2, 0.25) is 0 Å². The van der Waals surface area contributed by atoms with Crippen LogP contribution in [0.3, 0.4) is 0 Å². The Hall–Kier alpha value is -2.40. The second-order valence-electron chi connectivity index (χ2n) is 4.49. The van der Waals surface area contributed by atoms with Crippen molar-refractivity contribution < 1.29 is 13.9 Å². The Morgan fingerprint density at radius 1 is 1.19 bits per heavy atom. The highest BCUT2D eigenvalue weighted by atomic mass is 19.1. The second-order valence-corrected chi connectivity index (χ2v) is 4.49. The number of anilines is 1. The van der Waals surface area contributed by atoms with Crippen LogP contribution in [0, 0.1) is 5.82 Å². The van der Waals surface area contributed by atoms with E-state index < -0.39 is 0 Å². The molecular weight excluding hydrogens is 271 g/mol. The van der Waals surface area contributed by atoms with E-state index in [0.29, 0.717) is 23.5 Å². The summed E-state index contributed by atoms with van der Waals surface area (Å²) in [5.74, 6) is -0.101. The first kappa shape index (κ1) is 15.0. The first-order chi connectivity index (χ1) is 10.2. The van der Waals surface area contributed by atoms with E-state index in [-0.39, 0.29) is 18.3 Å². The molecule has 2 aromatic rings. The lowest BCUT2D eigenvalue weighted by Gasteiger charge is -2.11. The molecule has 0 aromatic heterocycles. The smallest absolute Gasteiger partial charge is 0.262 e. The fraction of sp³-hybridized carbons (Fsp3) is 0.188. The average Bonchev–Trinajstić information content (AvgIpc) is 2.48. The van der Waals surface area contributed by atoms with Crippen molar-refractivity contribution in [3.05, 3.63) is 59.9 Å². The number of halogens is 1. The molecule has 0 aliphatic heterocycles. The lowest BCUT2D eigenvalue weighted by molar-refractivity contribution is -0.118. The average molecular weight is 288 g/mol. The predicted octanol–water partition coefficient (Wildman–Crippen LogP) is 2.56. The summed E-state index contributed by atoms with van der Waals surface area (Å²) in [6.07, 6.45) is 0. The number of rotatable bonds is 6. The van der Waals surface area contributed by atoms with Gasteiger partial charge in [0.15, 0.2) is 6.61 Å². The fourth-order valence-corrected chi connectivity index (χ4v) is 1.88. The van der Waals surface area contributed by atoms with E-state index in [2.05, 4.69) is 10.6 Å². The fourth-order valence-electron chi connectivity index (χ4n) is 1.88. The lowest BCUT2D eigenvalue weighted by atomic mass is 10.2. The zero-order valence-corrected chi connectivity index (χ0v) is 11.7. The van der Waals surface area contributed by atoms with Crippen molar-refractivity contribution in [1.82, 2.24) is 5.32 Å². The Morgan fingerprint density at radius 2 is 1.95 bits per heavy atom. The number of amides is 1. The third-order valence-corrected chi connectivity index (χ3v) is 2.81. The highest BCUT2D eigenvalue weighted by Crippen LogP contribution is 2.19. The van der Waals surface area contributed by atoms with Gasteiger partial charge in [-0.05, 0) is 37.4 Å². The number of carbonyl (C=O) groups excluding carboxylic acids is 1. The molecule has 5 heteroatoms. The van der Waals surface area contributed by atoms with Gasteiger partial charge in [-0.3, -0.25) is 4.79 Å². The predicted molar refractivity (Wildman–Crippen MR) is 79.7 cm³/mol. The quantitative estimate of drug-likeness (QED) is 0.859. The van der Waals surface area contributed by atoms with Crippen molar-refractivity contribution in [1.29, 1.82) is 0 Å². The lowest BCUT2D eigenvalue weighted by Crippen LogP contribution is -2.20. The molecule has 0 spiro atoms. The molecular formula is C16H17FN2O2. The summed E-state index contributed by atoms with van der Waals surface area (Å²) in [6.45, 7) is 0.338. The van der Waals surface area contributed by atoms with Crippen molar-refractivity contribution in [2.45, 2.75) is 6.54 Å². The van der Waals surface area contributed by atoms with Crippen LogP contribution in [0.1, 0.15) is 5.56 Å². The monoisotopic (exact) mass is 288 g/mol. The molecule has 0 bridgehead atoms. The number of hydrogen-bond acceptors (Lipinski definition) is 3. The summed E-state index contributed by atoms with van der Waals surface area (Å²) < 4.78 is 18.7. The van der Waals surface area contributed by atoms with Crippen molar-refractivity contribution >= 4 is 11.6 Å². The van der Waals surface area contributed by atoms with E-state index in [4.69, 9.17) is 4.74 Å². The minimum Gasteiger partial charge on any atom is -0.483 e. The molecule has 2 N–H and O–H groups in total. The van der Waals surface area contributed by atoms with Crippen LogP contribution in [-0.4, -0.2) is 19.6 Å². The van der Waals surface area contributed by atoms with Crippen molar-refractivity contribution in [3.63, 3.8) is 0 Å². The van der Waals surface area contributed by atoms with Crippen LogP contribution < -0.4 is 15.4 Å². The van der Waals surface area contributed by atoms with Crippen LogP contribution in [0.4, 0.5) is 10.1 Å². The van der Waals surface area contributed by atoms with Gasteiger partial charge in [0.05, 0.1) is 0 Å². The summed E-state index contributed by atoms with van der Waals surface area (Å²) in [7, 11) is 1.76. The van der Waals surface area contributed by atoms with Gasteiger partial charge in [-0.15, -0.1) is 0 Å². The molecule has 4 nitrogen and oxygen atoms in total. The number of carbonyl (C=O) groups is 1. The molecule has 110 valence electrons. The Kier molecular flexibility index (Phi) is 5.29. The van der Waals surface area contributed by atoms with Crippen LogP contribution in [0.25, 0.3) is 0 Å². The SMILES string of the molecule is CNCc1cc(F)ccc1OCC(=O)Nc1ccccc1. The van der Waals surface area contributed by atoms with E-state index >= 15 is 0 Å². The van der Waals surface area contributed by atoms with Gasteiger partial charge in [0.25, 0.3) is 5.91 Å². The number of ether oxygens (including phenoxy) is 1. The van der Waals surface area contributed by atoms with Crippen LogP contribution in [-0.2, 0) is 11.3 Å². The van der Waals surface area contributed by atoms with Gasteiger partial charge in [0.1, 0.15) is 11.6 Å². The van der Waals surface area contributed by atoms with Crippen LogP contribution >= 0.6 is 0 Å². The van der Waals surface area contributed by atoms with Crippen LogP contribution in [0.2, 0.25) is 0 Å². The van der Waals surface area contributed by atoms with E-state index in [1.54, 1.807) is 19.2 Å². The molecule has 0 atom stereocenters. The van der Waals surface area contributed by atoms with Gasteiger partial charge in [0, 0.05) is 17.8 Å². The van der Waals surface area contributed by atoms with Gasteiger partial charge in [-0.1, -0.05) is 18.2 Å². The second kappa shape index (κ2) is 7.40. The number of hydrogen-bond donors (Lipinski definition) is 2. The van der Waals surface area contributed by atoms with Gasteiger partial charge < -0.3 is 15.4 Å².